The predicted octanol–water partition coefficient (Wildman–Crippen LogP) is 3.08. The third-order valence-electron chi connectivity index (χ3n) is 2.17. The number of alkyl halides is 3. The second-order valence-electron chi connectivity index (χ2n) is 4.14. The summed E-state index contributed by atoms with van der Waals surface area (Å²) in [5, 5.41) is 2.64. The first-order chi connectivity index (χ1) is 8.30. The zero-order valence-electron chi connectivity index (χ0n) is 10.0. The summed E-state index contributed by atoms with van der Waals surface area (Å²) in [6, 6.07) is 6.35. The van der Waals surface area contributed by atoms with Gasteiger partial charge in [0.1, 0.15) is 5.75 Å². The highest BCUT2D eigenvalue weighted by Crippen LogP contribution is 2.21. The number of ether oxygens (including phenoxy) is 1. The number of hydrogen-bond donors (Lipinski definition) is 1. The van der Waals surface area contributed by atoms with Crippen LogP contribution in [0.2, 0.25) is 0 Å². The van der Waals surface area contributed by atoms with Gasteiger partial charge in [0.15, 0.2) is 0 Å². The van der Waals surface area contributed by atoms with E-state index in [4.69, 9.17) is 0 Å². The largest absolute Gasteiger partial charge is 0.434 e. The zero-order chi connectivity index (χ0) is 13.8. The molecule has 0 aliphatic rings. The average Bonchev–Trinajstić information content (AvgIpc) is 2.25. The van der Waals surface area contributed by atoms with Gasteiger partial charge in [0.25, 0.3) is 0 Å². The van der Waals surface area contributed by atoms with E-state index in [0.717, 1.165) is 0 Å². The van der Waals surface area contributed by atoms with Gasteiger partial charge in [-0.3, -0.25) is 4.79 Å². The number of nitrogens with one attached hydrogen (secondary N) is 1. The summed E-state index contributed by atoms with van der Waals surface area (Å²) in [6.45, 7) is 0.652. The molecule has 0 aliphatic carbocycles. The number of benzene rings is 1. The van der Waals surface area contributed by atoms with Crippen molar-refractivity contribution >= 4 is 21.8 Å². The summed E-state index contributed by atoms with van der Waals surface area (Å²) in [6.07, 6.45) is 0. The van der Waals surface area contributed by atoms with Crippen molar-refractivity contribution in [3.8, 4) is 5.75 Å². The van der Waals surface area contributed by atoms with Gasteiger partial charge in [-0.2, -0.15) is 8.78 Å². The fraction of sp³-hybridized carbons (Fsp3) is 0.417. The third-order valence-corrected chi connectivity index (χ3v) is 2.53. The molecular weight excluding hydrogens is 308 g/mol. The number of carbonyl (C=O) groups is 1. The van der Waals surface area contributed by atoms with Gasteiger partial charge in [0, 0.05) is 12.1 Å². The molecule has 6 heteroatoms. The molecule has 0 saturated carbocycles. The van der Waals surface area contributed by atoms with Crippen molar-refractivity contribution in [2.75, 3.05) is 0 Å². The molecule has 1 aromatic carbocycles. The van der Waals surface area contributed by atoms with Crippen LogP contribution >= 0.6 is 15.9 Å². The second-order valence-corrected chi connectivity index (χ2v) is 6.12. The Morgan fingerprint density at radius 2 is 2.06 bits per heavy atom. The van der Waals surface area contributed by atoms with Crippen LogP contribution in [0, 0.1) is 0 Å². The SMILES string of the molecule is CC(C)(Br)C(=O)NCc1ccccc1OC(F)F. The molecule has 0 bridgehead atoms. The molecule has 0 spiro atoms. The van der Waals surface area contributed by atoms with Gasteiger partial charge in [0.2, 0.25) is 5.91 Å². The Morgan fingerprint density at radius 3 is 2.61 bits per heavy atom. The highest BCUT2D eigenvalue weighted by molar-refractivity contribution is 9.10. The number of halogens is 3. The van der Waals surface area contributed by atoms with E-state index in [1.54, 1.807) is 32.0 Å². The molecule has 1 N–H and O–H groups in total. The molecule has 3 nitrogen and oxygen atoms in total. The molecule has 1 rings (SSSR count). The second kappa shape index (κ2) is 6.13. The van der Waals surface area contributed by atoms with Gasteiger partial charge in [-0.05, 0) is 19.9 Å². The minimum Gasteiger partial charge on any atom is -0.434 e. The Labute approximate surface area is 113 Å². The minimum absolute atomic E-state index is 0.0696. The summed E-state index contributed by atoms with van der Waals surface area (Å²) in [7, 11) is 0. The monoisotopic (exact) mass is 321 g/mol. The third kappa shape index (κ3) is 4.60. The Morgan fingerprint density at radius 1 is 1.44 bits per heavy atom. The first-order valence-electron chi connectivity index (χ1n) is 5.30. The molecular formula is C12H14BrF2NO2. The van der Waals surface area contributed by atoms with E-state index in [-0.39, 0.29) is 18.2 Å². The van der Waals surface area contributed by atoms with Crippen LogP contribution in [0.4, 0.5) is 8.78 Å². The highest BCUT2D eigenvalue weighted by atomic mass is 79.9. The minimum atomic E-state index is -2.88. The molecule has 0 fully saturated rings. The fourth-order valence-corrected chi connectivity index (χ4v) is 1.39. The molecule has 18 heavy (non-hydrogen) atoms. The van der Waals surface area contributed by atoms with Crippen molar-refractivity contribution in [1.29, 1.82) is 0 Å². The van der Waals surface area contributed by atoms with Gasteiger partial charge in [0.05, 0.1) is 4.32 Å². The van der Waals surface area contributed by atoms with Crippen molar-refractivity contribution in [3.05, 3.63) is 29.8 Å². The molecule has 0 unspecified atom stereocenters. The molecule has 1 aromatic rings. The van der Waals surface area contributed by atoms with Crippen molar-refractivity contribution in [2.24, 2.45) is 0 Å². The maximum absolute atomic E-state index is 12.2. The van der Waals surface area contributed by atoms with E-state index in [0.29, 0.717) is 5.56 Å². The van der Waals surface area contributed by atoms with E-state index in [9.17, 15) is 13.6 Å². The standard InChI is InChI=1S/C12H14BrF2NO2/c1-12(2,13)10(17)16-7-8-5-3-4-6-9(8)18-11(14)15/h3-6,11H,7H2,1-2H3,(H,16,17). The van der Waals surface area contributed by atoms with Gasteiger partial charge >= 0.3 is 6.61 Å². The Balaban J connectivity index is 2.70. The lowest BCUT2D eigenvalue weighted by molar-refractivity contribution is -0.122. The molecule has 0 aromatic heterocycles. The summed E-state index contributed by atoms with van der Waals surface area (Å²) >= 11 is 3.21. The van der Waals surface area contributed by atoms with Gasteiger partial charge in [-0.15, -0.1) is 0 Å². The van der Waals surface area contributed by atoms with Crippen molar-refractivity contribution < 1.29 is 18.3 Å². The number of carbonyl (C=O) groups excluding carboxylic acids is 1. The maximum Gasteiger partial charge on any atom is 0.387 e. The smallest absolute Gasteiger partial charge is 0.387 e. The molecule has 1 amide bonds. The average molecular weight is 322 g/mol. The molecule has 0 aliphatic heterocycles. The molecule has 100 valence electrons. The van der Waals surface area contributed by atoms with E-state index < -0.39 is 10.9 Å². The quantitative estimate of drug-likeness (QED) is 0.846. The van der Waals surface area contributed by atoms with Crippen LogP contribution in [0.25, 0.3) is 0 Å². The summed E-state index contributed by atoms with van der Waals surface area (Å²) < 4.78 is 28.0. The van der Waals surface area contributed by atoms with E-state index in [2.05, 4.69) is 26.0 Å². The van der Waals surface area contributed by atoms with Gasteiger partial charge in [-0.1, -0.05) is 34.1 Å². The molecule has 0 heterocycles. The Bertz CT molecular complexity index is 419. The normalized spacial score (nSPS) is 11.4. The number of amides is 1. The number of rotatable bonds is 5. The van der Waals surface area contributed by atoms with Crippen LogP contribution < -0.4 is 10.1 Å². The van der Waals surface area contributed by atoms with Crippen LogP contribution in [-0.2, 0) is 11.3 Å². The Hall–Kier alpha value is -1.17. The van der Waals surface area contributed by atoms with Gasteiger partial charge < -0.3 is 10.1 Å². The highest BCUT2D eigenvalue weighted by Gasteiger charge is 2.23. The first kappa shape index (κ1) is 14.9. The lowest BCUT2D eigenvalue weighted by atomic mass is 10.1. The number of hydrogen-bond acceptors (Lipinski definition) is 2. The van der Waals surface area contributed by atoms with Crippen LogP contribution in [0.3, 0.4) is 0 Å². The summed E-state index contributed by atoms with van der Waals surface area (Å²) in [5.74, 6) is -0.158. The molecule has 0 radical (unpaired) electrons. The van der Waals surface area contributed by atoms with E-state index in [1.807, 2.05) is 0 Å². The van der Waals surface area contributed by atoms with Crippen LogP contribution in [0.5, 0.6) is 5.75 Å². The van der Waals surface area contributed by atoms with Crippen LogP contribution in [0.1, 0.15) is 19.4 Å². The Kier molecular flexibility index (Phi) is 5.07. The van der Waals surface area contributed by atoms with Gasteiger partial charge in [-0.25, -0.2) is 0 Å². The maximum atomic E-state index is 12.2. The van der Waals surface area contributed by atoms with Crippen molar-refractivity contribution in [1.82, 2.24) is 5.32 Å². The molecule has 0 atom stereocenters. The zero-order valence-corrected chi connectivity index (χ0v) is 11.6. The molecule has 0 saturated heterocycles. The van der Waals surface area contributed by atoms with E-state index >= 15 is 0 Å². The first-order valence-corrected chi connectivity index (χ1v) is 6.10. The van der Waals surface area contributed by atoms with Crippen molar-refractivity contribution in [2.45, 2.75) is 31.3 Å². The van der Waals surface area contributed by atoms with Crippen molar-refractivity contribution in [3.63, 3.8) is 0 Å². The number of para-hydroxylation sites is 1. The topological polar surface area (TPSA) is 38.3 Å². The lowest BCUT2D eigenvalue weighted by Crippen LogP contribution is -2.37. The fourth-order valence-electron chi connectivity index (χ4n) is 1.25. The summed E-state index contributed by atoms with van der Waals surface area (Å²) in [4.78, 5) is 11.6. The van der Waals surface area contributed by atoms with Crippen LogP contribution in [0.15, 0.2) is 24.3 Å². The predicted molar refractivity (Wildman–Crippen MR) is 67.9 cm³/mol. The summed E-state index contributed by atoms with van der Waals surface area (Å²) in [5.41, 5.74) is 0.503. The lowest BCUT2D eigenvalue weighted by Gasteiger charge is -2.17. The van der Waals surface area contributed by atoms with E-state index in [1.165, 1.54) is 6.07 Å². The van der Waals surface area contributed by atoms with Crippen LogP contribution in [-0.4, -0.2) is 16.8 Å².